The van der Waals surface area contributed by atoms with Crippen LogP contribution >= 0.6 is 0 Å². The number of hydrogen-bond acceptors (Lipinski definition) is 6. The van der Waals surface area contributed by atoms with E-state index >= 15 is 0 Å². The van der Waals surface area contributed by atoms with E-state index < -0.39 is 0 Å². The number of tetrazole rings is 1. The lowest BCUT2D eigenvalue weighted by molar-refractivity contribution is -0.122. The van der Waals surface area contributed by atoms with E-state index in [2.05, 4.69) is 26.2 Å². The van der Waals surface area contributed by atoms with Crippen molar-refractivity contribution in [1.29, 1.82) is 0 Å². The Bertz CT molecular complexity index is 829. The molecular weight excluding hydrogens is 324 g/mol. The summed E-state index contributed by atoms with van der Waals surface area (Å²) in [6, 6.07) is 10.6. The normalized spacial score (nSPS) is 10.4. The molecule has 2 amide bonds. The summed E-state index contributed by atoms with van der Waals surface area (Å²) in [5.74, 6) is 0.248. The van der Waals surface area contributed by atoms with Crippen molar-refractivity contribution in [3.8, 4) is 0 Å². The summed E-state index contributed by atoms with van der Waals surface area (Å²) in [7, 11) is 0. The lowest BCUT2D eigenvalue weighted by Crippen LogP contribution is -2.27. The fourth-order valence-electron chi connectivity index (χ4n) is 2.16. The van der Waals surface area contributed by atoms with Crippen molar-refractivity contribution in [3.63, 3.8) is 0 Å². The van der Waals surface area contributed by atoms with Crippen molar-refractivity contribution >= 4 is 11.8 Å². The molecule has 0 spiro atoms. The molecule has 0 unspecified atom stereocenters. The van der Waals surface area contributed by atoms with Gasteiger partial charge in [-0.25, -0.2) is 4.68 Å². The van der Waals surface area contributed by atoms with Crippen LogP contribution in [0.5, 0.6) is 0 Å². The van der Waals surface area contributed by atoms with E-state index in [9.17, 15) is 9.59 Å². The van der Waals surface area contributed by atoms with Gasteiger partial charge in [-0.3, -0.25) is 9.59 Å². The molecule has 3 rings (SSSR count). The highest BCUT2D eigenvalue weighted by molar-refractivity contribution is 5.94. The predicted molar refractivity (Wildman–Crippen MR) is 86.0 cm³/mol. The lowest BCUT2D eigenvalue weighted by atomic mass is 10.1. The van der Waals surface area contributed by atoms with Gasteiger partial charge in [0, 0.05) is 12.1 Å². The molecule has 0 saturated carbocycles. The summed E-state index contributed by atoms with van der Waals surface area (Å²) in [4.78, 5) is 24.0. The number of nitrogens with zero attached hydrogens (tertiary/aromatic N) is 4. The molecule has 9 heteroatoms. The Hall–Kier alpha value is -3.49. The highest BCUT2D eigenvalue weighted by atomic mass is 16.3. The third-order valence-electron chi connectivity index (χ3n) is 3.38. The maximum Gasteiger partial charge on any atom is 0.251 e. The molecule has 3 aromatic rings. The van der Waals surface area contributed by atoms with Crippen molar-refractivity contribution < 1.29 is 14.0 Å². The zero-order valence-electron chi connectivity index (χ0n) is 13.3. The van der Waals surface area contributed by atoms with Crippen LogP contribution < -0.4 is 10.6 Å². The van der Waals surface area contributed by atoms with Crippen LogP contribution in [0.15, 0.2) is 53.4 Å². The van der Waals surface area contributed by atoms with Crippen molar-refractivity contribution in [2.75, 3.05) is 0 Å². The van der Waals surface area contributed by atoms with E-state index in [-0.39, 0.29) is 18.4 Å². The fourth-order valence-corrected chi connectivity index (χ4v) is 2.16. The van der Waals surface area contributed by atoms with Crippen LogP contribution in [-0.4, -0.2) is 32.0 Å². The minimum atomic E-state index is -0.222. The van der Waals surface area contributed by atoms with E-state index in [1.165, 1.54) is 11.0 Å². The van der Waals surface area contributed by atoms with Gasteiger partial charge < -0.3 is 15.1 Å². The van der Waals surface area contributed by atoms with Crippen LogP contribution in [0.4, 0.5) is 0 Å². The zero-order chi connectivity index (χ0) is 17.5. The van der Waals surface area contributed by atoms with Crippen LogP contribution in [0.25, 0.3) is 0 Å². The van der Waals surface area contributed by atoms with E-state index in [0.717, 1.165) is 5.56 Å². The molecule has 0 saturated heterocycles. The number of benzene rings is 1. The Labute approximate surface area is 143 Å². The van der Waals surface area contributed by atoms with Crippen molar-refractivity contribution in [2.24, 2.45) is 0 Å². The standard InChI is InChI=1S/C16H16N6O3/c23-15(10-22-11-19-20-21-22)17-8-12-3-1-4-13(7-12)16(24)18-9-14-5-2-6-25-14/h1-7,11H,8-10H2,(H,17,23)(H,18,24). The summed E-state index contributed by atoms with van der Waals surface area (Å²) in [6.07, 6.45) is 2.92. The molecule has 0 aliphatic rings. The summed E-state index contributed by atoms with van der Waals surface area (Å²) >= 11 is 0. The second kappa shape index (κ2) is 7.86. The SMILES string of the molecule is O=C(Cn1cnnn1)NCc1cccc(C(=O)NCc2ccco2)c1. The molecule has 2 heterocycles. The topological polar surface area (TPSA) is 115 Å². The number of furan rings is 1. The fraction of sp³-hybridized carbons (Fsp3) is 0.188. The maximum absolute atomic E-state index is 12.2. The Morgan fingerprint density at radius 2 is 2.04 bits per heavy atom. The molecular formula is C16H16N6O3. The van der Waals surface area contributed by atoms with E-state index in [1.807, 2.05) is 6.07 Å². The highest BCUT2D eigenvalue weighted by Gasteiger charge is 2.08. The summed E-state index contributed by atoms with van der Waals surface area (Å²) < 4.78 is 6.50. The van der Waals surface area contributed by atoms with Gasteiger partial charge in [-0.15, -0.1) is 5.10 Å². The van der Waals surface area contributed by atoms with Crippen LogP contribution in [0.3, 0.4) is 0 Å². The first kappa shape index (κ1) is 16.4. The minimum Gasteiger partial charge on any atom is -0.467 e. The Kier molecular flexibility index (Phi) is 5.15. The minimum absolute atomic E-state index is 0.0380. The molecule has 0 aliphatic heterocycles. The van der Waals surface area contributed by atoms with E-state index in [1.54, 1.807) is 36.6 Å². The number of hydrogen-bond donors (Lipinski definition) is 2. The van der Waals surface area contributed by atoms with Gasteiger partial charge in [0.2, 0.25) is 5.91 Å². The number of carbonyl (C=O) groups excluding carboxylic acids is 2. The van der Waals surface area contributed by atoms with Crippen LogP contribution in [0.1, 0.15) is 21.7 Å². The van der Waals surface area contributed by atoms with Gasteiger partial charge >= 0.3 is 0 Å². The molecule has 0 bridgehead atoms. The predicted octanol–water partition coefficient (Wildman–Crippen LogP) is 0.512. The maximum atomic E-state index is 12.2. The second-order valence-corrected chi connectivity index (χ2v) is 5.25. The van der Waals surface area contributed by atoms with Gasteiger partial charge in [-0.1, -0.05) is 12.1 Å². The van der Waals surface area contributed by atoms with Gasteiger partial charge in [0.25, 0.3) is 5.91 Å². The summed E-state index contributed by atoms with van der Waals surface area (Å²) in [5, 5.41) is 16.1. The number of amides is 2. The molecule has 2 N–H and O–H groups in total. The molecule has 0 aliphatic carbocycles. The molecule has 0 fully saturated rings. The Morgan fingerprint density at radius 1 is 1.12 bits per heavy atom. The highest BCUT2D eigenvalue weighted by Crippen LogP contribution is 2.06. The molecule has 2 aromatic heterocycles. The van der Waals surface area contributed by atoms with Crippen molar-refractivity contribution in [2.45, 2.75) is 19.6 Å². The molecule has 25 heavy (non-hydrogen) atoms. The van der Waals surface area contributed by atoms with Gasteiger partial charge in [0.15, 0.2) is 0 Å². The van der Waals surface area contributed by atoms with Crippen LogP contribution in [-0.2, 0) is 24.4 Å². The molecule has 1 aromatic carbocycles. The summed E-state index contributed by atoms with van der Waals surface area (Å²) in [6.45, 7) is 0.662. The Morgan fingerprint density at radius 3 is 2.80 bits per heavy atom. The van der Waals surface area contributed by atoms with Gasteiger partial charge in [-0.2, -0.15) is 0 Å². The molecule has 9 nitrogen and oxygen atoms in total. The van der Waals surface area contributed by atoms with Crippen LogP contribution in [0.2, 0.25) is 0 Å². The smallest absolute Gasteiger partial charge is 0.251 e. The third-order valence-corrected chi connectivity index (χ3v) is 3.38. The number of rotatable bonds is 7. The van der Waals surface area contributed by atoms with Crippen molar-refractivity contribution in [3.05, 3.63) is 65.9 Å². The monoisotopic (exact) mass is 340 g/mol. The number of aromatic nitrogens is 4. The number of carbonyl (C=O) groups is 2. The third kappa shape index (κ3) is 4.74. The largest absolute Gasteiger partial charge is 0.467 e. The summed E-state index contributed by atoms with van der Waals surface area (Å²) in [5.41, 5.74) is 1.33. The average molecular weight is 340 g/mol. The lowest BCUT2D eigenvalue weighted by Gasteiger charge is -2.08. The van der Waals surface area contributed by atoms with Crippen LogP contribution in [0, 0.1) is 0 Å². The quantitative estimate of drug-likeness (QED) is 0.648. The first-order valence-electron chi connectivity index (χ1n) is 7.58. The second-order valence-electron chi connectivity index (χ2n) is 5.25. The molecule has 0 radical (unpaired) electrons. The molecule has 0 atom stereocenters. The molecule has 128 valence electrons. The zero-order valence-corrected chi connectivity index (χ0v) is 13.3. The average Bonchev–Trinajstić information content (AvgIpc) is 3.32. The van der Waals surface area contributed by atoms with Gasteiger partial charge in [-0.05, 0) is 40.3 Å². The van der Waals surface area contributed by atoms with Gasteiger partial charge in [0.05, 0.1) is 12.8 Å². The van der Waals surface area contributed by atoms with E-state index in [4.69, 9.17) is 4.42 Å². The number of nitrogens with one attached hydrogen (secondary N) is 2. The van der Waals surface area contributed by atoms with Gasteiger partial charge in [0.1, 0.15) is 18.6 Å². The first-order chi connectivity index (χ1) is 12.2. The van der Waals surface area contributed by atoms with Crippen molar-refractivity contribution in [1.82, 2.24) is 30.8 Å². The first-order valence-corrected chi connectivity index (χ1v) is 7.58. The van der Waals surface area contributed by atoms with E-state index in [0.29, 0.717) is 24.4 Å². The Balaban J connectivity index is 1.52.